The molecule has 0 radical (unpaired) electrons. The molecule has 0 saturated carbocycles. The summed E-state index contributed by atoms with van der Waals surface area (Å²) < 4.78 is 5.50. The number of hydrogen-bond acceptors (Lipinski definition) is 6. The smallest absolute Gasteiger partial charge is 0.294 e. The second kappa shape index (κ2) is 6.00. The number of hydrogen-bond donors (Lipinski definition) is 3. The highest BCUT2D eigenvalue weighted by Crippen LogP contribution is 2.31. The van der Waals surface area contributed by atoms with Crippen molar-refractivity contribution in [2.45, 2.75) is 6.61 Å². The molecule has 7 nitrogen and oxygen atoms in total. The lowest BCUT2D eigenvalue weighted by atomic mass is 10.2. The van der Waals surface area contributed by atoms with E-state index in [1.54, 1.807) is 29.7 Å². The van der Waals surface area contributed by atoms with E-state index in [0.29, 0.717) is 11.5 Å². The monoisotopic (exact) mass is 276 g/mol. The number of rotatable bonds is 5. The number of ether oxygens (including phenoxy) is 1. The summed E-state index contributed by atoms with van der Waals surface area (Å²) in [5.41, 5.74) is 2.21. The molecular formula is C13H12N2O5. The van der Waals surface area contributed by atoms with E-state index in [9.17, 15) is 10.1 Å². The second-order valence-electron chi connectivity index (χ2n) is 3.95. The number of nitro groups is 1. The number of aliphatic hydroxyl groups excluding tert-OH is 1. The first kappa shape index (κ1) is 13.8. The summed E-state index contributed by atoms with van der Waals surface area (Å²) in [6, 6.07) is 10.7. The highest BCUT2D eigenvalue weighted by molar-refractivity contribution is 5.63. The second-order valence-corrected chi connectivity index (χ2v) is 3.95. The van der Waals surface area contributed by atoms with Gasteiger partial charge in [-0.3, -0.25) is 20.8 Å². The maximum absolute atomic E-state index is 10.7. The van der Waals surface area contributed by atoms with Crippen molar-refractivity contribution in [2.24, 2.45) is 0 Å². The standard InChI is InChI=1S/C13H12N2O5/c16-8-9-1-3-10(4-2-9)20-11-5-6-13(15(18)19)12(7-11)14-17/h1-7,14,16-17H,8H2. The molecule has 0 aromatic heterocycles. The van der Waals surface area contributed by atoms with Gasteiger partial charge in [-0.05, 0) is 23.8 Å². The Morgan fingerprint density at radius 3 is 2.35 bits per heavy atom. The molecule has 0 aliphatic heterocycles. The molecule has 0 heterocycles. The molecule has 0 fully saturated rings. The normalized spacial score (nSPS) is 10.1. The zero-order valence-corrected chi connectivity index (χ0v) is 10.3. The summed E-state index contributed by atoms with van der Waals surface area (Å²) in [6.07, 6.45) is 0. The van der Waals surface area contributed by atoms with E-state index >= 15 is 0 Å². The van der Waals surface area contributed by atoms with E-state index in [-0.39, 0.29) is 18.0 Å². The molecule has 0 spiro atoms. The van der Waals surface area contributed by atoms with E-state index in [1.807, 2.05) is 0 Å². The van der Waals surface area contributed by atoms with Crippen LogP contribution in [0, 0.1) is 10.1 Å². The predicted octanol–water partition coefficient (Wildman–Crippen LogP) is 2.68. The van der Waals surface area contributed by atoms with Crippen molar-refractivity contribution in [3.05, 3.63) is 58.1 Å². The molecule has 2 aromatic rings. The Labute approximate surface area is 114 Å². The summed E-state index contributed by atoms with van der Waals surface area (Å²) in [7, 11) is 0. The van der Waals surface area contributed by atoms with Crippen LogP contribution in [-0.2, 0) is 6.61 Å². The predicted molar refractivity (Wildman–Crippen MR) is 70.9 cm³/mol. The molecule has 0 aliphatic carbocycles. The number of nitro benzene ring substituents is 1. The molecule has 0 bridgehead atoms. The van der Waals surface area contributed by atoms with Crippen LogP contribution in [0.2, 0.25) is 0 Å². The number of nitrogens with zero attached hydrogens (tertiary/aromatic N) is 1. The maximum Gasteiger partial charge on any atom is 0.294 e. The lowest BCUT2D eigenvalue weighted by molar-refractivity contribution is -0.384. The van der Waals surface area contributed by atoms with Crippen molar-refractivity contribution in [2.75, 3.05) is 5.48 Å². The lowest BCUT2D eigenvalue weighted by Gasteiger charge is -2.08. The molecule has 20 heavy (non-hydrogen) atoms. The third kappa shape index (κ3) is 3.02. The molecule has 2 rings (SSSR count). The first-order chi connectivity index (χ1) is 9.63. The summed E-state index contributed by atoms with van der Waals surface area (Å²) in [4.78, 5) is 10.1. The fourth-order valence-corrected chi connectivity index (χ4v) is 1.63. The van der Waals surface area contributed by atoms with Gasteiger partial charge in [0.05, 0.1) is 11.5 Å². The molecule has 0 saturated heterocycles. The minimum absolute atomic E-state index is 0.0560. The van der Waals surface area contributed by atoms with Crippen LogP contribution in [0.1, 0.15) is 5.56 Å². The zero-order valence-electron chi connectivity index (χ0n) is 10.3. The molecular weight excluding hydrogens is 264 g/mol. The topological polar surface area (TPSA) is 105 Å². The van der Waals surface area contributed by atoms with Crippen molar-refractivity contribution in [1.29, 1.82) is 0 Å². The van der Waals surface area contributed by atoms with Gasteiger partial charge in [-0.15, -0.1) is 0 Å². The van der Waals surface area contributed by atoms with Gasteiger partial charge in [0, 0.05) is 12.1 Å². The van der Waals surface area contributed by atoms with E-state index in [4.69, 9.17) is 15.1 Å². The fourth-order valence-electron chi connectivity index (χ4n) is 1.63. The van der Waals surface area contributed by atoms with Crippen LogP contribution in [-0.4, -0.2) is 15.2 Å². The lowest BCUT2D eigenvalue weighted by Crippen LogP contribution is -1.97. The van der Waals surface area contributed by atoms with Crippen molar-refractivity contribution in [3.8, 4) is 11.5 Å². The third-order valence-corrected chi connectivity index (χ3v) is 2.63. The maximum atomic E-state index is 10.7. The van der Waals surface area contributed by atoms with E-state index < -0.39 is 4.92 Å². The SMILES string of the molecule is O=[N+]([O-])c1ccc(Oc2ccc(CO)cc2)cc1NO. The largest absolute Gasteiger partial charge is 0.457 e. The van der Waals surface area contributed by atoms with Gasteiger partial charge in [-0.2, -0.15) is 0 Å². The molecule has 0 unspecified atom stereocenters. The fraction of sp³-hybridized carbons (Fsp3) is 0.0769. The molecule has 3 N–H and O–H groups in total. The molecule has 7 heteroatoms. The van der Waals surface area contributed by atoms with Crippen LogP contribution in [0.4, 0.5) is 11.4 Å². The Kier molecular flexibility index (Phi) is 4.14. The van der Waals surface area contributed by atoms with Crippen LogP contribution >= 0.6 is 0 Å². The highest BCUT2D eigenvalue weighted by atomic mass is 16.6. The first-order valence-corrected chi connectivity index (χ1v) is 5.70. The van der Waals surface area contributed by atoms with Gasteiger partial charge in [0.15, 0.2) is 0 Å². The molecule has 2 aromatic carbocycles. The number of anilines is 1. The van der Waals surface area contributed by atoms with Crippen molar-refractivity contribution < 1.29 is 20.0 Å². The summed E-state index contributed by atoms with van der Waals surface area (Å²) in [5, 5.41) is 28.5. The summed E-state index contributed by atoms with van der Waals surface area (Å²) >= 11 is 0. The minimum Gasteiger partial charge on any atom is -0.457 e. The number of benzene rings is 2. The third-order valence-electron chi connectivity index (χ3n) is 2.63. The quantitative estimate of drug-likeness (QED) is 0.572. The Morgan fingerprint density at radius 1 is 1.15 bits per heavy atom. The molecule has 0 atom stereocenters. The van der Waals surface area contributed by atoms with Crippen molar-refractivity contribution >= 4 is 11.4 Å². The van der Waals surface area contributed by atoms with Gasteiger partial charge in [0.1, 0.15) is 17.2 Å². The van der Waals surface area contributed by atoms with Crippen LogP contribution in [0.5, 0.6) is 11.5 Å². The van der Waals surface area contributed by atoms with Crippen LogP contribution in [0.25, 0.3) is 0 Å². The highest BCUT2D eigenvalue weighted by Gasteiger charge is 2.14. The van der Waals surface area contributed by atoms with Gasteiger partial charge in [-0.25, -0.2) is 0 Å². The van der Waals surface area contributed by atoms with Crippen molar-refractivity contribution in [1.82, 2.24) is 0 Å². The average Bonchev–Trinajstić information content (AvgIpc) is 2.47. The van der Waals surface area contributed by atoms with E-state index in [2.05, 4.69) is 0 Å². The minimum atomic E-state index is -0.613. The van der Waals surface area contributed by atoms with Gasteiger partial charge in [0.25, 0.3) is 5.69 Å². The summed E-state index contributed by atoms with van der Waals surface area (Å²) in [5.74, 6) is 0.851. The Morgan fingerprint density at radius 2 is 1.80 bits per heavy atom. The summed E-state index contributed by atoms with van der Waals surface area (Å²) in [6.45, 7) is -0.0591. The molecule has 104 valence electrons. The van der Waals surface area contributed by atoms with Gasteiger partial charge < -0.3 is 9.84 Å². The first-order valence-electron chi connectivity index (χ1n) is 5.70. The average molecular weight is 276 g/mol. The molecule has 0 aliphatic rings. The number of aliphatic hydroxyl groups is 1. The van der Waals surface area contributed by atoms with Gasteiger partial charge in [0.2, 0.25) is 0 Å². The van der Waals surface area contributed by atoms with Crippen molar-refractivity contribution in [3.63, 3.8) is 0 Å². The van der Waals surface area contributed by atoms with E-state index in [0.717, 1.165) is 5.56 Å². The number of nitrogens with one attached hydrogen (secondary N) is 1. The van der Waals surface area contributed by atoms with Gasteiger partial charge >= 0.3 is 0 Å². The Hall–Kier alpha value is -2.64. The zero-order chi connectivity index (χ0) is 14.5. The van der Waals surface area contributed by atoms with Gasteiger partial charge in [-0.1, -0.05) is 12.1 Å². The van der Waals surface area contributed by atoms with E-state index in [1.165, 1.54) is 18.2 Å². The molecule has 0 amide bonds. The Bertz CT molecular complexity index is 613. The Balaban J connectivity index is 2.22. The van der Waals surface area contributed by atoms with Crippen LogP contribution in [0.15, 0.2) is 42.5 Å². The van der Waals surface area contributed by atoms with Crippen LogP contribution in [0.3, 0.4) is 0 Å². The van der Waals surface area contributed by atoms with Crippen LogP contribution < -0.4 is 10.2 Å².